The lowest BCUT2D eigenvalue weighted by atomic mass is 9.92. The van der Waals surface area contributed by atoms with E-state index in [9.17, 15) is 9.59 Å². The SMILES string of the molecule is CC(C)(C)c1cc(NC(=O)c2ccc(CN3CCCC3=O)cc2)n(Cc2ccccc2)n1. The molecule has 6 heteroatoms. The van der Waals surface area contributed by atoms with Crippen molar-refractivity contribution in [2.45, 2.75) is 52.1 Å². The van der Waals surface area contributed by atoms with E-state index in [-0.39, 0.29) is 17.2 Å². The number of nitrogens with one attached hydrogen (secondary N) is 1. The Morgan fingerprint density at radius 2 is 1.69 bits per heavy atom. The predicted octanol–water partition coefficient (Wildman–Crippen LogP) is 4.60. The quantitative estimate of drug-likeness (QED) is 0.621. The molecule has 0 saturated carbocycles. The highest BCUT2D eigenvalue weighted by atomic mass is 16.2. The van der Waals surface area contributed by atoms with Gasteiger partial charge in [0.2, 0.25) is 5.91 Å². The number of benzene rings is 2. The first kappa shape index (κ1) is 21.8. The highest BCUT2D eigenvalue weighted by Gasteiger charge is 2.22. The molecule has 1 aliphatic rings. The van der Waals surface area contributed by atoms with Crippen LogP contribution >= 0.6 is 0 Å². The van der Waals surface area contributed by atoms with Crippen molar-refractivity contribution >= 4 is 17.6 Å². The minimum atomic E-state index is -0.177. The first-order chi connectivity index (χ1) is 15.3. The molecule has 3 aromatic rings. The first-order valence-electron chi connectivity index (χ1n) is 11.1. The maximum atomic E-state index is 13.0. The van der Waals surface area contributed by atoms with Gasteiger partial charge in [0, 0.05) is 36.6 Å². The zero-order chi connectivity index (χ0) is 22.7. The molecular weight excluding hydrogens is 400 g/mol. The van der Waals surface area contributed by atoms with E-state index in [4.69, 9.17) is 5.10 Å². The number of nitrogens with zero attached hydrogens (tertiary/aromatic N) is 3. The summed E-state index contributed by atoms with van der Waals surface area (Å²) in [5, 5.41) is 7.80. The molecule has 0 bridgehead atoms. The molecule has 0 spiro atoms. The second kappa shape index (κ2) is 8.99. The van der Waals surface area contributed by atoms with Gasteiger partial charge in [-0.3, -0.25) is 9.59 Å². The molecular formula is C26H30N4O2. The summed E-state index contributed by atoms with van der Waals surface area (Å²) < 4.78 is 1.85. The van der Waals surface area contributed by atoms with Crippen LogP contribution in [0.1, 0.15) is 60.8 Å². The van der Waals surface area contributed by atoms with Gasteiger partial charge in [-0.05, 0) is 29.7 Å². The van der Waals surface area contributed by atoms with Crippen LogP contribution in [-0.2, 0) is 23.3 Å². The maximum Gasteiger partial charge on any atom is 0.256 e. The monoisotopic (exact) mass is 430 g/mol. The molecule has 6 nitrogen and oxygen atoms in total. The Morgan fingerprint density at radius 1 is 1.00 bits per heavy atom. The van der Waals surface area contributed by atoms with E-state index in [1.54, 1.807) is 0 Å². The van der Waals surface area contributed by atoms with E-state index in [1.165, 1.54) is 0 Å². The number of hydrogen-bond acceptors (Lipinski definition) is 3. The molecule has 0 unspecified atom stereocenters. The molecule has 2 amide bonds. The van der Waals surface area contributed by atoms with Crippen LogP contribution in [0, 0.1) is 0 Å². The molecule has 0 atom stereocenters. The van der Waals surface area contributed by atoms with Gasteiger partial charge in [0.1, 0.15) is 5.82 Å². The van der Waals surface area contributed by atoms with Crippen molar-refractivity contribution in [2.75, 3.05) is 11.9 Å². The Balaban J connectivity index is 1.50. The lowest BCUT2D eigenvalue weighted by Crippen LogP contribution is -2.23. The van der Waals surface area contributed by atoms with Crippen LogP contribution < -0.4 is 5.32 Å². The van der Waals surface area contributed by atoms with Crippen LogP contribution in [0.25, 0.3) is 0 Å². The molecule has 1 fully saturated rings. The number of aromatic nitrogens is 2. The van der Waals surface area contributed by atoms with Gasteiger partial charge in [0.05, 0.1) is 12.2 Å². The molecule has 1 aromatic heterocycles. The summed E-state index contributed by atoms with van der Waals surface area (Å²) >= 11 is 0. The fourth-order valence-electron chi connectivity index (χ4n) is 3.80. The molecule has 166 valence electrons. The lowest BCUT2D eigenvalue weighted by Gasteiger charge is -2.15. The van der Waals surface area contributed by atoms with Crippen LogP contribution in [0.3, 0.4) is 0 Å². The van der Waals surface area contributed by atoms with E-state index >= 15 is 0 Å². The fraction of sp³-hybridized carbons (Fsp3) is 0.346. The van der Waals surface area contributed by atoms with E-state index < -0.39 is 0 Å². The van der Waals surface area contributed by atoms with E-state index in [0.717, 1.165) is 29.8 Å². The van der Waals surface area contributed by atoms with Crippen molar-refractivity contribution in [1.29, 1.82) is 0 Å². The summed E-state index contributed by atoms with van der Waals surface area (Å²) in [7, 11) is 0. The third-order valence-electron chi connectivity index (χ3n) is 5.73. The van der Waals surface area contributed by atoms with Crippen LogP contribution in [0.4, 0.5) is 5.82 Å². The second-order valence-electron chi connectivity index (χ2n) is 9.38. The molecule has 32 heavy (non-hydrogen) atoms. The largest absolute Gasteiger partial charge is 0.338 e. The van der Waals surface area contributed by atoms with Gasteiger partial charge in [0.15, 0.2) is 0 Å². The predicted molar refractivity (Wildman–Crippen MR) is 126 cm³/mol. The molecule has 2 heterocycles. The van der Waals surface area contributed by atoms with Crippen LogP contribution in [0.15, 0.2) is 60.7 Å². The summed E-state index contributed by atoms with van der Waals surface area (Å²) in [5.74, 6) is 0.701. The Kier molecular flexibility index (Phi) is 6.12. The Morgan fingerprint density at radius 3 is 2.31 bits per heavy atom. The van der Waals surface area contributed by atoms with Crippen LogP contribution in [0.5, 0.6) is 0 Å². The summed E-state index contributed by atoms with van der Waals surface area (Å²) in [5.41, 5.74) is 3.52. The Hall–Kier alpha value is -3.41. The van der Waals surface area contributed by atoms with Gasteiger partial charge in [0.25, 0.3) is 5.91 Å². The Labute approximate surface area is 189 Å². The second-order valence-corrected chi connectivity index (χ2v) is 9.38. The zero-order valence-electron chi connectivity index (χ0n) is 19.0. The van der Waals surface area contributed by atoms with Gasteiger partial charge in [-0.15, -0.1) is 0 Å². The smallest absolute Gasteiger partial charge is 0.256 e. The summed E-state index contributed by atoms with van der Waals surface area (Å²) in [4.78, 5) is 26.7. The van der Waals surface area contributed by atoms with Crippen molar-refractivity contribution in [3.05, 3.63) is 83.0 Å². The van der Waals surface area contributed by atoms with Gasteiger partial charge in [-0.2, -0.15) is 5.10 Å². The average molecular weight is 431 g/mol. The number of amides is 2. The maximum absolute atomic E-state index is 13.0. The van der Waals surface area contributed by atoms with E-state index in [0.29, 0.717) is 30.9 Å². The number of rotatable bonds is 6. The number of likely N-dealkylation sites (tertiary alicyclic amines) is 1. The molecule has 0 radical (unpaired) electrons. The third kappa shape index (κ3) is 5.07. The number of anilines is 1. The molecule has 4 rings (SSSR count). The summed E-state index contributed by atoms with van der Waals surface area (Å²) in [6, 6.07) is 19.5. The van der Waals surface area contributed by atoms with Gasteiger partial charge in [-0.25, -0.2) is 4.68 Å². The molecule has 0 aliphatic carbocycles. The number of carbonyl (C=O) groups excluding carboxylic acids is 2. The molecule has 2 aromatic carbocycles. The summed E-state index contributed by atoms with van der Waals surface area (Å²) in [6.45, 7) is 8.31. The topological polar surface area (TPSA) is 67.2 Å². The highest BCUT2D eigenvalue weighted by Crippen LogP contribution is 2.25. The normalized spacial score (nSPS) is 14.1. The van der Waals surface area contributed by atoms with Crippen molar-refractivity contribution in [3.8, 4) is 0 Å². The third-order valence-corrected chi connectivity index (χ3v) is 5.73. The van der Waals surface area contributed by atoms with Crippen molar-refractivity contribution in [1.82, 2.24) is 14.7 Å². The molecule has 1 saturated heterocycles. The minimum Gasteiger partial charge on any atom is -0.338 e. The number of hydrogen-bond donors (Lipinski definition) is 1. The molecule has 1 N–H and O–H groups in total. The van der Waals surface area contributed by atoms with Crippen molar-refractivity contribution in [3.63, 3.8) is 0 Å². The Bertz CT molecular complexity index is 1100. The lowest BCUT2D eigenvalue weighted by molar-refractivity contribution is -0.128. The van der Waals surface area contributed by atoms with Crippen LogP contribution in [0.2, 0.25) is 0 Å². The minimum absolute atomic E-state index is 0.129. The van der Waals surface area contributed by atoms with E-state index in [2.05, 4.69) is 26.1 Å². The fourth-order valence-corrected chi connectivity index (χ4v) is 3.80. The van der Waals surface area contributed by atoms with Gasteiger partial charge < -0.3 is 10.2 Å². The first-order valence-corrected chi connectivity index (χ1v) is 11.1. The average Bonchev–Trinajstić information content (AvgIpc) is 3.35. The molecule has 1 aliphatic heterocycles. The van der Waals surface area contributed by atoms with Gasteiger partial charge >= 0.3 is 0 Å². The van der Waals surface area contributed by atoms with E-state index in [1.807, 2.05) is 70.2 Å². The zero-order valence-corrected chi connectivity index (χ0v) is 19.0. The van der Waals surface area contributed by atoms with Gasteiger partial charge in [-0.1, -0.05) is 63.2 Å². The van der Waals surface area contributed by atoms with Crippen molar-refractivity contribution in [2.24, 2.45) is 0 Å². The van der Waals surface area contributed by atoms with Crippen molar-refractivity contribution < 1.29 is 9.59 Å². The summed E-state index contributed by atoms with van der Waals surface area (Å²) in [6.07, 6.45) is 1.56. The highest BCUT2D eigenvalue weighted by molar-refractivity contribution is 6.03. The van der Waals surface area contributed by atoms with Crippen LogP contribution in [-0.4, -0.2) is 33.0 Å². The number of carbonyl (C=O) groups is 2. The standard InChI is InChI=1S/C26H30N4O2/c1-26(2,3)22-16-23(30(28-22)18-19-8-5-4-6-9-19)27-25(32)21-13-11-20(12-14-21)17-29-15-7-10-24(29)31/h4-6,8-9,11-14,16H,7,10,15,17-18H2,1-3H3,(H,27,32).